The van der Waals surface area contributed by atoms with Crippen molar-refractivity contribution < 1.29 is 17.9 Å². The van der Waals surface area contributed by atoms with Gasteiger partial charge in [-0.3, -0.25) is 0 Å². The van der Waals surface area contributed by atoms with Gasteiger partial charge in [0.1, 0.15) is 11.9 Å². The third-order valence-corrected chi connectivity index (χ3v) is 3.89. The molecule has 0 bridgehead atoms. The summed E-state index contributed by atoms with van der Waals surface area (Å²) in [5, 5.41) is 0. The summed E-state index contributed by atoms with van der Waals surface area (Å²) in [6, 6.07) is 3.63. The molecule has 1 atom stereocenters. The molecule has 0 N–H and O–H groups in total. The molecule has 1 aromatic carbocycles. The topological polar surface area (TPSA) is 9.23 Å². The Labute approximate surface area is 136 Å². The predicted octanol–water partition coefficient (Wildman–Crippen LogP) is 5.81. The van der Waals surface area contributed by atoms with E-state index < -0.39 is 11.7 Å². The molecule has 0 amide bonds. The highest BCUT2D eigenvalue weighted by Crippen LogP contribution is 2.37. The molecule has 0 aliphatic carbocycles. The summed E-state index contributed by atoms with van der Waals surface area (Å²) in [6.45, 7) is 3.79. The fourth-order valence-corrected chi connectivity index (χ4v) is 2.87. The first-order chi connectivity index (χ1) is 10.3. The number of allylic oxidation sites excluding steroid dienone is 4. The van der Waals surface area contributed by atoms with Crippen LogP contribution in [-0.2, 0) is 12.6 Å². The minimum absolute atomic E-state index is 0.263. The molecule has 0 saturated heterocycles. The van der Waals surface area contributed by atoms with Gasteiger partial charge in [0.15, 0.2) is 0 Å². The van der Waals surface area contributed by atoms with E-state index in [-0.39, 0.29) is 6.10 Å². The lowest BCUT2D eigenvalue weighted by molar-refractivity contribution is -0.137. The Morgan fingerprint density at radius 2 is 2.05 bits per heavy atom. The third-order valence-electron chi connectivity index (χ3n) is 3.40. The highest BCUT2D eigenvalue weighted by Gasteiger charge is 2.33. The Morgan fingerprint density at radius 1 is 1.32 bits per heavy atom. The zero-order chi connectivity index (χ0) is 16.3. The molecule has 1 nitrogen and oxygen atoms in total. The number of alkyl halides is 3. The molecule has 1 aromatic rings. The van der Waals surface area contributed by atoms with Crippen LogP contribution in [0.3, 0.4) is 0 Å². The van der Waals surface area contributed by atoms with Crippen molar-refractivity contribution in [3.63, 3.8) is 0 Å². The van der Waals surface area contributed by atoms with E-state index in [0.717, 1.165) is 16.1 Å². The maximum atomic E-state index is 12.8. The highest BCUT2D eigenvalue weighted by molar-refractivity contribution is 9.11. The molecule has 22 heavy (non-hydrogen) atoms. The first kappa shape index (κ1) is 16.9. The number of ether oxygens (including phenoxy) is 1. The van der Waals surface area contributed by atoms with Crippen LogP contribution in [0.4, 0.5) is 13.2 Å². The van der Waals surface area contributed by atoms with Crippen LogP contribution in [0.5, 0.6) is 5.75 Å². The Kier molecular flexibility index (Phi) is 5.16. The molecule has 2 rings (SSSR count). The molecule has 5 heteroatoms. The van der Waals surface area contributed by atoms with E-state index in [1.54, 1.807) is 0 Å². The molecule has 0 saturated carbocycles. The summed E-state index contributed by atoms with van der Waals surface area (Å²) in [5.41, 5.74) is 0.882. The van der Waals surface area contributed by atoms with Crippen LogP contribution in [0.2, 0.25) is 0 Å². The van der Waals surface area contributed by atoms with Gasteiger partial charge in [0, 0.05) is 10.9 Å². The van der Waals surface area contributed by atoms with Crippen LogP contribution in [0, 0.1) is 0 Å². The lowest BCUT2D eigenvalue weighted by Crippen LogP contribution is -2.15. The van der Waals surface area contributed by atoms with Gasteiger partial charge in [-0.25, -0.2) is 0 Å². The highest BCUT2D eigenvalue weighted by atomic mass is 79.9. The number of rotatable bonds is 3. The molecule has 0 radical (unpaired) electrons. The van der Waals surface area contributed by atoms with E-state index in [1.165, 1.54) is 12.1 Å². The molecule has 0 aromatic heterocycles. The number of fused-ring (bicyclic) bond motifs is 1. The Bertz CT molecular complexity index is 642. The van der Waals surface area contributed by atoms with Crippen molar-refractivity contribution in [3.05, 3.63) is 63.7 Å². The van der Waals surface area contributed by atoms with Crippen molar-refractivity contribution in [3.8, 4) is 5.75 Å². The van der Waals surface area contributed by atoms with Crippen molar-refractivity contribution in [2.45, 2.75) is 32.5 Å². The number of benzene rings is 1. The summed E-state index contributed by atoms with van der Waals surface area (Å²) >= 11 is 3.43. The second-order valence-corrected chi connectivity index (χ2v) is 5.86. The second-order valence-electron chi connectivity index (χ2n) is 4.95. The summed E-state index contributed by atoms with van der Waals surface area (Å²) in [4.78, 5) is 0. The zero-order valence-electron chi connectivity index (χ0n) is 12.2. The van der Waals surface area contributed by atoms with Gasteiger partial charge in [-0.05, 0) is 49.3 Å². The summed E-state index contributed by atoms with van der Waals surface area (Å²) in [6.07, 6.45) is 3.46. The van der Waals surface area contributed by atoms with Gasteiger partial charge in [-0.15, -0.1) is 0 Å². The van der Waals surface area contributed by atoms with Gasteiger partial charge in [0.2, 0.25) is 0 Å². The van der Waals surface area contributed by atoms with Gasteiger partial charge in [-0.1, -0.05) is 34.2 Å². The zero-order valence-corrected chi connectivity index (χ0v) is 13.8. The van der Waals surface area contributed by atoms with E-state index in [9.17, 15) is 13.2 Å². The quantitative estimate of drug-likeness (QED) is 0.608. The first-order valence-corrected chi connectivity index (χ1v) is 7.67. The van der Waals surface area contributed by atoms with Gasteiger partial charge < -0.3 is 4.74 Å². The van der Waals surface area contributed by atoms with Gasteiger partial charge >= 0.3 is 6.18 Å². The Morgan fingerprint density at radius 3 is 2.64 bits per heavy atom. The van der Waals surface area contributed by atoms with Crippen molar-refractivity contribution in [2.24, 2.45) is 0 Å². The van der Waals surface area contributed by atoms with Crippen molar-refractivity contribution in [1.29, 1.82) is 0 Å². The van der Waals surface area contributed by atoms with Crippen LogP contribution in [-0.4, -0.2) is 6.10 Å². The fraction of sp³-hybridized carbons (Fsp3) is 0.294. The lowest BCUT2D eigenvalue weighted by Gasteiger charge is -2.12. The molecule has 1 unspecified atom stereocenters. The average Bonchev–Trinajstić information content (AvgIpc) is 2.86. The number of halogens is 4. The van der Waals surface area contributed by atoms with E-state index in [0.29, 0.717) is 17.7 Å². The molecule has 118 valence electrons. The monoisotopic (exact) mass is 372 g/mol. The number of hydrogen-bond acceptors (Lipinski definition) is 1. The van der Waals surface area contributed by atoms with Crippen LogP contribution < -0.4 is 4.74 Å². The van der Waals surface area contributed by atoms with E-state index in [2.05, 4.69) is 15.9 Å². The maximum Gasteiger partial charge on any atom is 0.416 e. The molecule has 1 heterocycles. The third kappa shape index (κ3) is 3.83. The summed E-state index contributed by atoms with van der Waals surface area (Å²) in [7, 11) is 0. The molecule has 0 spiro atoms. The maximum absolute atomic E-state index is 12.8. The van der Waals surface area contributed by atoms with E-state index in [4.69, 9.17) is 4.74 Å². The standard InChI is InChI=1S/C17H16BrF3O/c1-3-5-14(18)9-11(4-2)16-10-12-8-13(17(19,20)21)6-7-15(12)22-16/h3-9,16H,10H2,1-2H3/b5-3-,11-4+,14-9+. The SMILES string of the molecule is C\C=C/C(Br)=C\C(=C/C)C1Cc2cc(C(F)(F)F)ccc2O1. The van der Waals surface area contributed by atoms with Crippen molar-refractivity contribution >= 4 is 15.9 Å². The predicted molar refractivity (Wildman–Crippen MR) is 85.1 cm³/mol. The van der Waals surface area contributed by atoms with E-state index >= 15 is 0 Å². The van der Waals surface area contributed by atoms with Gasteiger partial charge in [-0.2, -0.15) is 13.2 Å². The average molecular weight is 373 g/mol. The normalized spacial score (nSPS) is 19.5. The first-order valence-electron chi connectivity index (χ1n) is 6.88. The van der Waals surface area contributed by atoms with Gasteiger partial charge in [0.25, 0.3) is 0 Å². The van der Waals surface area contributed by atoms with Crippen LogP contribution in [0.25, 0.3) is 0 Å². The molecule has 0 fully saturated rings. The van der Waals surface area contributed by atoms with Gasteiger partial charge in [0.05, 0.1) is 5.56 Å². The molecule has 1 aliphatic heterocycles. The molecule has 1 aliphatic rings. The minimum atomic E-state index is -4.33. The minimum Gasteiger partial charge on any atom is -0.485 e. The molecular formula is C17H16BrF3O. The van der Waals surface area contributed by atoms with Crippen LogP contribution in [0.15, 0.2) is 52.6 Å². The van der Waals surface area contributed by atoms with Crippen molar-refractivity contribution in [1.82, 2.24) is 0 Å². The van der Waals surface area contributed by atoms with E-state index in [1.807, 2.05) is 38.2 Å². The van der Waals surface area contributed by atoms with Crippen LogP contribution >= 0.6 is 15.9 Å². The molecular weight excluding hydrogens is 357 g/mol. The summed E-state index contributed by atoms with van der Waals surface area (Å²) in [5.74, 6) is 0.521. The smallest absolute Gasteiger partial charge is 0.416 e. The summed E-state index contributed by atoms with van der Waals surface area (Å²) < 4.78 is 44.9. The Hall–Kier alpha value is -1.49. The largest absolute Gasteiger partial charge is 0.485 e. The lowest BCUT2D eigenvalue weighted by atomic mass is 10.0. The fourth-order valence-electron chi connectivity index (χ4n) is 2.34. The van der Waals surface area contributed by atoms with Crippen molar-refractivity contribution in [2.75, 3.05) is 0 Å². The van der Waals surface area contributed by atoms with Crippen LogP contribution in [0.1, 0.15) is 25.0 Å². The Balaban J connectivity index is 2.23. The second kappa shape index (κ2) is 6.73. The number of hydrogen-bond donors (Lipinski definition) is 0.